The number of urea groups is 1. The van der Waals surface area contributed by atoms with Crippen LogP contribution in [0.3, 0.4) is 0 Å². The number of amides is 2. The van der Waals surface area contributed by atoms with Gasteiger partial charge in [0.15, 0.2) is 9.84 Å². The molecule has 0 aromatic carbocycles. The summed E-state index contributed by atoms with van der Waals surface area (Å²) in [5.41, 5.74) is 0. The summed E-state index contributed by atoms with van der Waals surface area (Å²) in [7, 11) is -2.99. The van der Waals surface area contributed by atoms with Crippen LogP contribution >= 0.6 is 22.9 Å². The molecular weight excluding hydrogens is 320 g/mol. The Morgan fingerprint density at radius 1 is 1.45 bits per heavy atom. The Bertz CT molecular complexity index is 571. The zero-order valence-electron chi connectivity index (χ0n) is 10.9. The lowest BCUT2D eigenvalue weighted by molar-refractivity contribution is 0.237. The number of rotatable bonds is 4. The zero-order valence-corrected chi connectivity index (χ0v) is 13.3. The maximum Gasteiger partial charge on any atom is 0.315 e. The van der Waals surface area contributed by atoms with Crippen LogP contribution in [0, 0.1) is 0 Å². The molecule has 1 aliphatic rings. The van der Waals surface area contributed by atoms with Crippen LogP contribution in [0.2, 0.25) is 4.34 Å². The molecule has 1 fully saturated rings. The molecule has 0 spiro atoms. The summed E-state index contributed by atoms with van der Waals surface area (Å²) < 4.78 is 23.7. The number of hydrogen-bond donors (Lipinski definition) is 2. The van der Waals surface area contributed by atoms with Crippen LogP contribution in [0.1, 0.15) is 17.7 Å². The Hall–Kier alpha value is -0.790. The van der Waals surface area contributed by atoms with E-state index in [2.05, 4.69) is 10.6 Å². The van der Waals surface area contributed by atoms with Crippen molar-refractivity contribution in [3.63, 3.8) is 0 Å². The first kappa shape index (κ1) is 15.6. The molecule has 2 rings (SSSR count). The fraction of sp³-hybridized carbons (Fsp3) is 0.583. The molecule has 1 aromatic heterocycles. The maximum absolute atomic E-state index is 11.7. The largest absolute Gasteiger partial charge is 0.338 e. The third-order valence-corrected chi connectivity index (χ3v) is 6.20. The summed E-state index contributed by atoms with van der Waals surface area (Å²) in [5, 5.41) is 5.45. The van der Waals surface area contributed by atoms with E-state index >= 15 is 0 Å². The highest BCUT2D eigenvalue weighted by Crippen LogP contribution is 2.21. The highest BCUT2D eigenvalue weighted by molar-refractivity contribution is 7.91. The molecule has 1 aromatic rings. The monoisotopic (exact) mass is 336 g/mol. The third kappa shape index (κ3) is 4.96. The smallest absolute Gasteiger partial charge is 0.315 e. The number of thiophene rings is 1. The van der Waals surface area contributed by atoms with Crippen LogP contribution < -0.4 is 10.6 Å². The Morgan fingerprint density at radius 2 is 2.25 bits per heavy atom. The van der Waals surface area contributed by atoms with Crippen LogP contribution in [0.25, 0.3) is 0 Å². The molecule has 1 atom stereocenters. The molecule has 8 heteroatoms. The summed E-state index contributed by atoms with van der Waals surface area (Å²) in [6.07, 6.45) is 2.04. The lowest BCUT2D eigenvalue weighted by Crippen LogP contribution is -2.47. The number of halogens is 1. The molecule has 2 amide bonds. The normalized spacial score (nSPS) is 21.4. The van der Waals surface area contributed by atoms with E-state index in [1.54, 1.807) is 0 Å². The number of sulfone groups is 1. The Kier molecular flexibility index (Phi) is 5.29. The quantitative estimate of drug-likeness (QED) is 0.880. The van der Waals surface area contributed by atoms with Gasteiger partial charge in [0.05, 0.1) is 15.8 Å². The summed E-state index contributed by atoms with van der Waals surface area (Å²) in [5.74, 6) is 0.271. The van der Waals surface area contributed by atoms with Gasteiger partial charge in [0.2, 0.25) is 0 Å². The molecule has 0 unspecified atom stereocenters. The maximum atomic E-state index is 11.7. The molecule has 5 nitrogen and oxygen atoms in total. The van der Waals surface area contributed by atoms with Gasteiger partial charge in [-0.05, 0) is 31.4 Å². The molecule has 0 radical (unpaired) electrons. The molecule has 1 aliphatic heterocycles. The van der Waals surface area contributed by atoms with Gasteiger partial charge in [-0.25, -0.2) is 13.2 Å². The highest BCUT2D eigenvalue weighted by atomic mass is 35.5. The van der Waals surface area contributed by atoms with Crippen molar-refractivity contribution in [1.82, 2.24) is 10.6 Å². The lowest BCUT2D eigenvalue weighted by atomic mass is 10.2. The average Bonchev–Trinajstić information content (AvgIpc) is 2.73. The van der Waals surface area contributed by atoms with Gasteiger partial charge in [-0.3, -0.25) is 0 Å². The van der Waals surface area contributed by atoms with E-state index in [0.717, 1.165) is 9.21 Å². The van der Waals surface area contributed by atoms with E-state index in [1.165, 1.54) is 11.3 Å². The van der Waals surface area contributed by atoms with Gasteiger partial charge in [0, 0.05) is 17.5 Å². The van der Waals surface area contributed by atoms with Crippen LogP contribution in [-0.2, 0) is 16.3 Å². The van der Waals surface area contributed by atoms with E-state index < -0.39 is 9.84 Å². The lowest BCUT2D eigenvalue weighted by Gasteiger charge is -2.23. The molecule has 2 heterocycles. The fourth-order valence-electron chi connectivity index (χ4n) is 2.16. The van der Waals surface area contributed by atoms with Crippen molar-refractivity contribution in [2.24, 2.45) is 0 Å². The molecule has 112 valence electrons. The third-order valence-electron chi connectivity index (χ3n) is 3.08. The Labute approximate surface area is 127 Å². The summed E-state index contributed by atoms with van der Waals surface area (Å²) in [4.78, 5) is 12.8. The first-order valence-electron chi connectivity index (χ1n) is 6.44. The van der Waals surface area contributed by atoms with E-state index in [4.69, 9.17) is 11.6 Å². The Balaban J connectivity index is 1.70. The minimum atomic E-state index is -2.99. The summed E-state index contributed by atoms with van der Waals surface area (Å²) in [6.45, 7) is 0.502. The van der Waals surface area contributed by atoms with Crippen molar-refractivity contribution in [3.8, 4) is 0 Å². The average molecular weight is 337 g/mol. The van der Waals surface area contributed by atoms with Crippen molar-refractivity contribution < 1.29 is 13.2 Å². The minimum Gasteiger partial charge on any atom is -0.338 e. The number of hydrogen-bond acceptors (Lipinski definition) is 4. The molecule has 1 saturated heterocycles. The predicted molar refractivity (Wildman–Crippen MR) is 81.2 cm³/mol. The highest BCUT2D eigenvalue weighted by Gasteiger charge is 2.25. The van der Waals surface area contributed by atoms with Crippen molar-refractivity contribution >= 4 is 38.8 Å². The topological polar surface area (TPSA) is 75.3 Å². The summed E-state index contributed by atoms with van der Waals surface area (Å²) >= 11 is 7.31. The van der Waals surface area contributed by atoms with E-state index in [0.29, 0.717) is 25.8 Å². The second-order valence-corrected chi connectivity index (χ2v) is 8.84. The predicted octanol–water partition coefficient (Wildman–Crippen LogP) is 1.82. The van der Waals surface area contributed by atoms with Crippen LogP contribution in [0.4, 0.5) is 4.79 Å². The van der Waals surface area contributed by atoms with Gasteiger partial charge in [0.25, 0.3) is 0 Å². The molecular formula is C12H17ClN2O3S2. The second kappa shape index (κ2) is 6.78. The number of carbonyl (C=O) groups excluding carboxylic acids is 1. The molecule has 0 aliphatic carbocycles. The van der Waals surface area contributed by atoms with Gasteiger partial charge in [0.1, 0.15) is 0 Å². The van der Waals surface area contributed by atoms with Gasteiger partial charge in [-0.1, -0.05) is 11.6 Å². The first-order chi connectivity index (χ1) is 9.44. The second-order valence-electron chi connectivity index (χ2n) is 4.81. The SMILES string of the molecule is O=C(NCCc1ccc(Cl)s1)N[C@H]1CCCS(=O)(=O)C1. The zero-order chi connectivity index (χ0) is 14.6. The molecule has 0 saturated carbocycles. The molecule has 2 N–H and O–H groups in total. The van der Waals surface area contributed by atoms with Gasteiger partial charge in [-0.2, -0.15) is 0 Å². The van der Waals surface area contributed by atoms with Crippen LogP contribution in [0.5, 0.6) is 0 Å². The fourth-order valence-corrected chi connectivity index (χ4v) is 4.88. The Morgan fingerprint density at radius 3 is 2.90 bits per heavy atom. The number of nitrogens with one attached hydrogen (secondary N) is 2. The van der Waals surface area contributed by atoms with Crippen molar-refractivity contribution in [2.75, 3.05) is 18.1 Å². The van der Waals surface area contributed by atoms with E-state index in [9.17, 15) is 13.2 Å². The minimum absolute atomic E-state index is 0.0426. The molecule has 20 heavy (non-hydrogen) atoms. The molecule has 0 bridgehead atoms. The van der Waals surface area contributed by atoms with Crippen LogP contribution in [-0.4, -0.2) is 38.5 Å². The van der Waals surface area contributed by atoms with E-state index in [1.807, 2.05) is 12.1 Å². The van der Waals surface area contributed by atoms with Crippen molar-refractivity contribution in [2.45, 2.75) is 25.3 Å². The van der Waals surface area contributed by atoms with Crippen molar-refractivity contribution in [3.05, 3.63) is 21.3 Å². The van der Waals surface area contributed by atoms with Gasteiger partial charge >= 0.3 is 6.03 Å². The van der Waals surface area contributed by atoms with Gasteiger partial charge in [-0.15, -0.1) is 11.3 Å². The number of carbonyl (C=O) groups is 1. The first-order valence-corrected chi connectivity index (χ1v) is 9.45. The van der Waals surface area contributed by atoms with E-state index in [-0.39, 0.29) is 23.6 Å². The van der Waals surface area contributed by atoms with Gasteiger partial charge < -0.3 is 10.6 Å². The standard InChI is InChI=1S/C12H17ClN2O3S2/c13-11-4-3-10(19-11)5-6-14-12(16)15-9-2-1-7-20(17,18)8-9/h3-4,9H,1-2,5-8H2,(H2,14,15,16)/t9-/m0/s1. The van der Waals surface area contributed by atoms with Crippen molar-refractivity contribution in [1.29, 1.82) is 0 Å². The van der Waals surface area contributed by atoms with Crippen LogP contribution in [0.15, 0.2) is 12.1 Å². The summed E-state index contributed by atoms with van der Waals surface area (Å²) in [6, 6.07) is 3.18.